The molecule has 0 heterocycles. The number of hydrogen-bond acceptors (Lipinski definition) is 1. The first-order valence-corrected chi connectivity index (χ1v) is 5.50. The number of fused-ring (bicyclic) bond motifs is 1. The Morgan fingerprint density at radius 1 is 1.21 bits per heavy atom. The third-order valence-corrected chi connectivity index (χ3v) is 3.39. The summed E-state index contributed by atoms with van der Waals surface area (Å²) >= 11 is 0. The predicted molar refractivity (Wildman–Crippen MR) is 60.6 cm³/mol. The van der Waals surface area contributed by atoms with E-state index < -0.39 is 0 Å². The van der Waals surface area contributed by atoms with Gasteiger partial charge in [-0.15, -0.1) is 0 Å². The fourth-order valence-corrected chi connectivity index (χ4v) is 2.47. The third kappa shape index (κ3) is 1.57. The molecule has 0 saturated carbocycles. The molecule has 0 radical (unpaired) electrons. The van der Waals surface area contributed by atoms with E-state index in [1.54, 1.807) is 5.56 Å². The molecule has 0 saturated heterocycles. The first-order valence-electron chi connectivity index (χ1n) is 5.50. The minimum absolute atomic E-state index is 0.571. The molecule has 14 heavy (non-hydrogen) atoms. The molecule has 1 aliphatic rings. The molecular formula is C13H19N. The highest BCUT2D eigenvalue weighted by Crippen LogP contribution is 2.37. The first-order chi connectivity index (χ1) is 6.72. The smallest absolute Gasteiger partial charge is 0.0320 e. The standard InChI is InChI=1S/C13H19N/c1-9-4-6-11-12(8-9)10(2)5-7-13(11)14-3/h4,6,8,10,13-14H,5,7H2,1-3H3. The summed E-state index contributed by atoms with van der Waals surface area (Å²) in [5.41, 5.74) is 4.44. The Morgan fingerprint density at radius 3 is 2.71 bits per heavy atom. The van der Waals surface area contributed by atoms with Gasteiger partial charge in [-0.05, 0) is 43.9 Å². The topological polar surface area (TPSA) is 12.0 Å². The van der Waals surface area contributed by atoms with Gasteiger partial charge >= 0.3 is 0 Å². The number of hydrogen-bond donors (Lipinski definition) is 1. The lowest BCUT2D eigenvalue weighted by Crippen LogP contribution is -2.23. The lowest BCUT2D eigenvalue weighted by atomic mass is 9.80. The van der Waals surface area contributed by atoms with Crippen molar-refractivity contribution in [1.82, 2.24) is 5.32 Å². The first kappa shape index (κ1) is 9.72. The number of rotatable bonds is 1. The van der Waals surface area contributed by atoms with E-state index in [1.807, 2.05) is 0 Å². The molecule has 0 fully saturated rings. The van der Waals surface area contributed by atoms with Crippen LogP contribution in [0.3, 0.4) is 0 Å². The van der Waals surface area contributed by atoms with E-state index in [0.29, 0.717) is 6.04 Å². The summed E-state index contributed by atoms with van der Waals surface area (Å²) in [7, 11) is 2.06. The van der Waals surface area contributed by atoms with Gasteiger partial charge in [-0.25, -0.2) is 0 Å². The van der Waals surface area contributed by atoms with Gasteiger partial charge in [-0.2, -0.15) is 0 Å². The van der Waals surface area contributed by atoms with Crippen LogP contribution in [0.2, 0.25) is 0 Å². The maximum absolute atomic E-state index is 3.40. The Balaban J connectivity index is 2.45. The molecule has 0 aliphatic heterocycles. The van der Waals surface area contributed by atoms with Crippen LogP contribution in [0.15, 0.2) is 18.2 Å². The van der Waals surface area contributed by atoms with Gasteiger partial charge in [0, 0.05) is 6.04 Å². The van der Waals surface area contributed by atoms with E-state index in [-0.39, 0.29) is 0 Å². The van der Waals surface area contributed by atoms with Crippen LogP contribution in [0.25, 0.3) is 0 Å². The van der Waals surface area contributed by atoms with Crippen LogP contribution in [0.4, 0.5) is 0 Å². The van der Waals surface area contributed by atoms with Gasteiger partial charge in [0.25, 0.3) is 0 Å². The zero-order valence-electron chi connectivity index (χ0n) is 9.30. The van der Waals surface area contributed by atoms with Crippen LogP contribution in [0, 0.1) is 6.92 Å². The van der Waals surface area contributed by atoms with Gasteiger partial charge in [-0.3, -0.25) is 0 Å². The van der Waals surface area contributed by atoms with Gasteiger partial charge in [0.2, 0.25) is 0 Å². The molecule has 1 aliphatic carbocycles. The van der Waals surface area contributed by atoms with Gasteiger partial charge < -0.3 is 5.32 Å². The second-order valence-electron chi connectivity index (χ2n) is 4.45. The van der Waals surface area contributed by atoms with E-state index in [9.17, 15) is 0 Å². The monoisotopic (exact) mass is 189 g/mol. The van der Waals surface area contributed by atoms with Crippen LogP contribution in [-0.4, -0.2) is 7.05 Å². The molecular weight excluding hydrogens is 170 g/mol. The number of benzene rings is 1. The third-order valence-electron chi connectivity index (χ3n) is 3.39. The van der Waals surface area contributed by atoms with Crippen molar-refractivity contribution in [3.8, 4) is 0 Å². The Morgan fingerprint density at radius 2 is 2.00 bits per heavy atom. The minimum atomic E-state index is 0.571. The normalized spacial score (nSPS) is 25.9. The fourth-order valence-electron chi connectivity index (χ4n) is 2.47. The largest absolute Gasteiger partial charge is 0.313 e. The molecule has 0 aromatic heterocycles. The molecule has 2 unspecified atom stereocenters. The lowest BCUT2D eigenvalue weighted by molar-refractivity contribution is 0.459. The zero-order valence-corrected chi connectivity index (χ0v) is 9.30. The molecule has 1 nitrogen and oxygen atoms in total. The van der Waals surface area contributed by atoms with E-state index >= 15 is 0 Å². The summed E-state index contributed by atoms with van der Waals surface area (Å²) in [6.45, 7) is 4.51. The summed E-state index contributed by atoms with van der Waals surface area (Å²) in [4.78, 5) is 0. The molecule has 1 aromatic rings. The van der Waals surface area contributed by atoms with Crippen LogP contribution in [0.5, 0.6) is 0 Å². The van der Waals surface area contributed by atoms with Gasteiger partial charge in [0.05, 0.1) is 0 Å². The second-order valence-corrected chi connectivity index (χ2v) is 4.45. The van der Waals surface area contributed by atoms with Crippen molar-refractivity contribution in [3.63, 3.8) is 0 Å². The molecule has 0 spiro atoms. The Labute approximate surface area is 86.5 Å². The summed E-state index contributed by atoms with van der Waals surface area (Å²) in [6.07, 6.45) is 2.58. The Hall–Kier alpha value is -0.820. The second kappa shape index (κ2) is 3.74. The lowest BCUT2D eigenvalue weighted by Gasteiger charge is -2.29. The van der Waals surface area contributed by atoms with Gasteiger partial charge in [-0.1, -0.05) is 30.7 Å². The maximum atomic E-state index is 3.40. The van der Waals surface area contributed by atoms with E-state index in [2.05, 4.69) is 44.4 Å². The SMILES string of the molecule is CNC1CCC(C)c2cc(C)ccc21. The Bertz CT molecular complexity index is 330. The molecule has 76 valence electrons. The summed E-state index contributed by atoms with van der Waals surface area (Å²) < 4.78 is 0. The molecule has 2 atom stereocenters. The van der Waals surface area contributed by atoms with Gasteiger partial charge in [0.15, 0.2) is 0 Å². The average molecular weight is 189 g/mol. The summed E-state index contributed by atoms with van der Waals surface area (Å²) in [5, 5.41) is 3.40. The number of aryl methyl sites for hydroxylation is 1. The number of nitrogens with one attached hydrogen (secondary N) is 1. The van der Waals surface area contributed by atoms with Crippen molar-refractivity contribution in [1.29, 1.82) is 0 Å². The maximum Gasteiger partial charge on any atom is 0.0320 e. The van der Waals surface area contributed by atoms with Gasteiger partial charge in [0.1, 0.15) is 0 Å². The zero-order chi connectivity index (χ0) is 10.1. The summed E-state index contributed by atoms with van der Waals surface area (Å²) in [6, 6.07) is 7.44. The van der Waals surface area contributed by atoms with Crippen molar-refractivity contribution in [2.75, 3.05) is 7.05 Å². The molecule has 2 rings (SSSR count). The van der Waals surface area contributed by atoms with Crippen molar-refractivity contribution in [2.24, 2.45) is 0 Å². The van der Waals surface area contributed by atoms with E-state index in [0.717, 1.165) is 5.92 Å². The highest BCUT2D eigenvalue weighted by atomic mass is 14.9. The van der Waals surface area contributed by atoms with E-state index in [1.165, 1.54) is 24.0 Å². The quantitative estimate of drug-likeness (QED) is 0.715. The molecule has 1 heteroatoms. The predicted octanol–water partition coefficient (Wildman–Crippen LogP) is 3.15. The molecule has 1 aromatic carbocycles. The molecule has 1 N–H and O–H groups in total. The van der Waals surface area contributed by atoms with E-state index in [4.69, 9.17) is 0 Å². The highest BCUT2D eigenvalue weighted by Gasteiger charge is 2.23. The van der Waals surface area contributed by atoms with Crippen molar-refractivity contribution >= 4 is 0 Å². The highest BCUT2D eigenvalue weighted by molar-refractivity contribution is 5.37. The van der Waals surface area contributed by atoms with Crippen molar-refractivity contribution in [3.05, 3.63) is 34.9 Å². The fraction of sp³-hybridized carbons (Fsp3) is 0.538. The Kier molecular flexibility index (Phi) is 2.60. The minimum Gasteiger partial charge on any atom is -0.313 e. The van der Waals surface area contributed by atoms with Crippen molar-refractivity contribution in [2.45, 2.75) is 38.6 Å². The van der Waals surface area contributed by atoms with Crippen LogP contribution < -0.4 is 5.32 Å². The van der Waals surface area contributed by atoms with Crippen LogP contribution in [0.1, 0.15) is 48.4 Å². The van der Waals surface area contributed by atoms with Crippen molar-refractivity contribution < 1.29 is 0 Å². The molecule has 0 bridgehead atoms. The van der Waals surface area contributed by atoms with Crippen LogP contribution >= 0.6 is 0 Å². The molecule has 0 amide bonds. The average Bonchev–Trinajstić information content (AvgIpc) is 2.19. The summed E-state index contributed by atoms with van der Waals surface area (Å²) in [5.74, 6) is 0.731. The van der Waals surface area contributed by atoms with Crippen LogP contribution in [-0.2, 0) is 0 Å².